The predicted octanol–water partition coefficient (Wildman–Crippen LogP) is 2.26. The van der Waals surface area contributed by atoms with Crippen molar-refractivity contribution >= 4 is 5.91 Å². The van der Waals surface area contributed by atoms with Crippen molar-refractivity contribution in [2.45, 2.75) is 39.3 Å². The van der Waals surface area contributed by atoms with Crippen LogP contribution in [0.3, 0.4) is 0 Å². The lowest BCUT2D eigenvalue weighted by atomic mass is 10.0. The van der Waals surface area contributed by atoms with Crippen LogP contribution in [0.2, 0.25) is 0 Å². The van der Waals surface area contributed by atoms with E-state index in [0.29, 0.717) is 6.54 Å². The molecule has 0 radical (unpaired) electrons. The average Bonchev–Trinajstić information content (AvgIpc) is 2.39. The molecule has 0 aliphatic rings. The Morgan fingerprint density at radius 3 is 2.37 bits per heavy atom. The first kappa shape index (κ1) is 15.5. The molecule has 106 valence electrons. The first-order chi connectivity index (χ1) is 9.06. The minimum absolute atomic E-state index is 0.0296. The Bertz CT molecular complexity index is 388. The third-order valence-electron chi connectivity index (χ3n) is 2.89. The third-order valence-corrected chi connectivity index (χ3v) is 2.89. The van der Waals surface area contributed by atoms with Crippen LogP contribution in [0, 0.1) is 0 Å². The lowest BCUT2D eigenvalue weighted by molar-refractivity contribution is -0.120. The van der Waals surface area contributed by atoms with E-state index in [1.165, 1.54) is 5.56 Å². The molecule has 0 fully saturated rings. The van der Waals surface area contributed by atoms with Gasteiger partial charge in [0.25, 0.3) is 0 Å². The van der Waals surface area contributed by atoms with Gasteiger partial charge in [0.15, 0.2) is 0 Å². The van der Waals surface area contributed by atoms with Gasteiger partial charge in [-0.25, -0.2) is 0 Å². The zero-order valence-corrected chi connectivity index (χ0v) is 12.2. The Kier molecular flexibility index (Phi) is 6.36. The number of amides is 1. The third kappa shape index (κ3) is 5.30. The number of rotatable bonds is 7. The number of ether oxygens (including phenoxy) is 1. The van der Waals surface area contributed by atoms with Crippen LogP contribution < -0.4 is 15.4 Å². The van der Waals surface area contributed by atoms with Gasteiger partial charge in [-0.3, -0.25) is 4.79 Å². The maximum absolute atomic E-state index is 11.6. The van der Waals surface area contributed by atoms with Gasteiger partial charge < -0.3 is 15.4 Å². The van der Waals surface area contributed by atoms with Crippen LogP contribution in [0.15, 0.2) is 24.3 Å². The van der Waals surface area contributed by atoms with Crippen molar-refractivity contribution in [1.82, 2.24) is 10.6 Å². The molecular formula is C15H24N2O2. The summed E-state index contributed by atoms with van der Waals surface area (Å²) in [6.45, 7) is 6.35. The fourth-order valence-electron chi connectivity index (χ4n) is 1.92. The Labute approximate surface area is 115 Å². The molecule has 1 rings (SSSR count). The molecule has 1 amide bonds. The van der Waals surface area contributed by atoms with Crippen molar-refractivity contribution in [2.75, 3.05) is 13.7 Å². The molecule has 1 aromatic carbocycles. The first-order valence-electron chi connectivity index (χ1n) is 6.73. The molecule has 0 saturated heterocycles. The summed E-state index contributed by atoms with van der Waals surface area (Å²) in [5.41, 5.74) is 1.17. The fourth-order valence-corrected chi connectivity index (χ4v) is 1.92. The van der Waals surface area contributed by atoms with Crippen molar-refractivity contribution < 1.29 is 9.53 Å². The highest BCUT2D eigenvalue weighted by molar-refractivity contribution is 5.78. The van der Waals surface area contributed by atoms with E-state index in [-0.39, 0.29) is 18.0 Å². The predicted molar refractivity (Wildman–Crippen MR) is 77.3 cm³/mol. The SMILES string of the molecule is CCC(NCC(=O)NC(C)C)c1ccc(OC)cc1. The van der Waals surface area contributed by atoms with Crippen molar-refractivity contribution in [2.24, 2.45) is 0 Å². The van der Waals surface area contributed by atoms with E-state index in [0.717, 1.165) is 12.2 Å². The number of hydrogen-bond acceptors (Lipinski definition) is 3. The van der Waals surface area contributed by atoms with Crippen molar-refractivity contribution in [3.8, 4) is 5.75 Å². The molecule has 1 aromatic rings. The summed E-state index contributed by atoms with van der Waals surface area (Å²) in [7, 11) is 1.65. The van der Waals surface area contributed by atoms with Gasteiger partial charge in [0.05, 0.1) is 13.7 Å². The van der Waals surface area contributed by atoms with Crippen molar-refractivity contribution in [3.63, 3.8) is 0 Å². The van der Waals surface area contributed by atoms with E-state index in [2.05, 4.69) is 17.6 Å². The Morgan fingerprint density at radius 2 is 1.89 bits per heavy atom. The second-order valence-electron chi connectivity index (χ2n) is 4.84. The molecule has 0 aliphatic carbocycles. The Balaban J connectivity index is 2.55. The van der Waals surface area contributed by atoms with Crippen LogP contribution >= 0.6 is 0 Å². The minimum Gasteiger partial charge on any atom is -0.497 e. The molecule has 0 aromatic heterocycles. The zero-order chi connectivity index (χ0) is 14.3. The van der Waals surface area contributed by atoms with E-state index >= 15 is 0 Å². The summed E-state index contributed by atoms with van der Waals surface area (Å²) < 4.78 is 5.14. The maximum Gasteiger partial charge on any atom is 0.234 e. The van der Waals surface area contributed by atoms with E-state index in [4.69, 9.17) is 4.74 Å². The highest BCUT2D eigenvalue weighted by atomic mass is 16.5. The number of hydrogen-bond donors (Lipinski definition) is 2. The molecule has 0 spiro atoms. The number of benzene rings is 1. The molecule has 4 nitrogen and oxygen atoms in total. The monoisotopic (exact) mass is 264 g/mol. The van der Waals surface area contributed by atoms with Gasteiger partial charge in [-0.15, -0.1) is 0 Å². The number of carbonyl (C=O) groups is 1. The second kappa shape index (κ2) is 7.79. The van der Waals surface area contributed by atoms with Gasteiger partial charge >= 0.3 is 0 Å². The molecule has 1 atom stereocenters. The summed E-state index contributed by atoms with van der Waals surface area (Å²) in [5, 5.41) is 6.15. The van der Waals surface area contributed by atoms with Gasteiger partial charge in [0, 0.05) is 12.1 Å². The number of carbonyl (C=O) groups excluding carboxylic acids is 1. The summed E-state index contributed by atoms with van der Waals surface area (Å²) in [5.74, 6) is 0.873. The molecule has 0 saturated carbocycles. The lowest BCUT2D eigenvalue weighted by Crippen LogP contribution is -2.38. The smallest absolute Gasteiger partial charge is 0.234 e. The largest absolute Gasteiger partial charge is 0.497 e. The maximum atomic E-state index is 11.6. The van der Waals surface area contributed by atoms with Crippen molar-refractivity contribution in [3.05, 3.63) is 29.8 Å². The minimum atomic E-state index is 0.0296. The molecule has 0 bridgehead atoms. The quantitative estimate of drug-likeness (QED) is 0.794. The van der Waals surface area contributed by atoms with Crippen LogP contribution in [0.4, 0.5) is 0 Å². The summed E-state index contributed by atoms with van der Waals surface area (Å²) >= 11 is 0. The number of nitrogens with one attached hydrogen (secondary N) is 2. The molecule has 0 heterocycles. The fraction of sp³-hybridized carbons (Fsp3) is 0.533. The summed E-state index contributed by atoms with van der Waals surface area (Å²) in [6.07, 6.45) is 0.932. The lowest BCUT2D eigenvalue weighted by Gasteiger charge is -2.18. The second-order valence-corrected chi connectivity index (χ2v) is 4.84. The average molecular weight is 264 g/mol. The summed E-state index contributed by atoms with van der Waals surface area (Å²) in [6, 6.07) is 8.29. The van der Waals surface area contributed by atoms with Gasteiger partial charge in [0.2, 0.25) is 5.91 Å². The van der Waals surface area contributed by atoms with E-state index in [9.17, 15) is 4.79 Å². The first-order valence-corrected chi connectivity index (χ1v) is 6.73. The highest BCUT2D eigenvalue weighted by Gasteiger charge is 2.11. The van der Waals surface area contributed by atoms with Crippen molar-refractivity contribution in [1.29, 1.82) is 0 Å². The molecule has 4 heteroatoms. The van der Waals surface area contributed by atoms with Crippen LogP contribution in [-0.2, 0) is 4.79 Å². The van der Waals surface area contributed by atoms with Gasteiger partial charge in [-0.1, -0.05) is 19.1 Å². The normalized spacial score (nSPS) is 12.3. The van der Waals surface area contributed by atoms with Crippen LogP contribution in [0.5, 0.6) is 5.75 Å². The topological polar surface area (TPSA) is 50.4 Å². The van der Waals surface area contributed by atoms with Gasteiger partial charge in [0.1, 0.15) is 5.75 Å². The summed E-state index contributed by atoms with van der Waals surface area (Å²) in [4.78, 5) is 11.6. The molecule has 2 N–H and O–H groups in total. The zero-order valence-electron chi connectivity index (χ0n) is 12.2. The van der Waals surface area contributed by atoms with Crippen LogP contribution in [0.25, 0.3) is 0 Å². The van der Waals surface area contributed by atoms with E-state index in [1.54, 1.807) is 7.11 Å². The van der Waals surface area contributed by atoms with Crippen LogP contribution in [0.1, 0.15) is 38.8 Å². The highest BCUT2D eigenvalue weighted by Crippen LogP contribution is 2.19. The Hall–Kier alpha value is -1.55. The molecule has 0 aliphatic heterocycles. The van der Waals surface area contributed by atoms with Crippen LogP contribution in [-0.4, -0.2) is 25.6 Å². The van der Waals surface area contributed by atoms with Gasteiger partial charge in [-0.05, 0) is 38.0 Å². The van der Waals surface area contributed by atoms with E-state index < -0.39 is 0 Å². The molecule has 19 heavy (non-hydrogen) atoms. The Morgan fingerprint density at radius 1 is 1.26 bits per heavy atom. The molecular weight excluding hydrogens is 240 g/mol. The van der Waals surface area contributed by atoms with Gasteiger partial charge in [-0.2, -0.15) is 0 Å². The number of methoxy groups -OCH3 is 1. The van der Waals surface area contributed by atoms with E-state index in [1.807, 2.05) is 38.1 Å². The molecule has 1 unspecified atom stereocenters. The standard InChI is InChI=1S/C15H24N2O2/c1-5-14(16-10-15(18)17-11(2)3)12-6-8-13(19-4)9-7-12/h6-9,11,14,16H,5,10H2,1-4H3,(H,17,18).